The number of likely N-dealkylation sites (tertiary alicyclic amines) is 1. The first-order chi connectivity index (χ1) is 16.6. The number of benzene rings is 1. The number of aryl methyl sites for hydroxylation is 1. The zero-order valence-electron chi connectivity index (χ0n) is 20.3. The number of carbonyl (C=O) groups excluding carboxylic acids is 1. The van der Waals surface area contributed by atoms with Crippen molar-refractivity contribution in [1.82, 2.24) is 14.8 Å². The van der Waals surface area contributed by atoms with E-state index in [0.29, 0.717) is 55.4 Å². The van der Waals surface area contributed by atoms with Crippen LogP contribution < -0.4 is 4.74 Å². The molecule has 6 nitrogen and oxygen atoms in total. The molecule has 4 rings (SSSR count). The molecule has 1 amide bonds. The van der Waals surface area contributed by atoms with Crippen molar-refractivity contribution < 1.29 is 23.0 Å². The molecule has 0 radical (unpaired) electrons. The van der Waals surface area contributed by atoms with E-state index < -0.39 is 18.1 Å². The summed E-state index contributed by atoms with van der Waals surface area (Å²) in [5, 5.41) is 0.393. The van der Waals surface area contributed by atoms with Crippen LogP contribution in [0.15, 0.2) is 36.4 Å². The summed E-state index contributed by atoms with van der Waals surface area (Å²) in [6.07, 6.45) is -1.72. The summed E-state index contributed by atoms with van der Waals surface area (Å²) in [4.78, 5) is 21.3. The van der Waals surface area contributed by atoms with Crippen molar-refractivity contribution in [3.05, 3.63) is 58.4 Å². The van der Waals surface area contributed by atoms with Crippen LogP contribution in [0.5, 0.6) is 5.75 Å². The first-order valence-electron chi connectivity index (χ1n) is 12.0. The van der Waals surface area contributed by atoms with Gasteiger partial charge in [0.25, 0.3) is 12.3 Å². The van der Waals surface area contributed by atoms with Crippen LogP contribution in [0.2, 0.25) is 5.02 Å². The summed E-state index contributed by atoms with van der Waals surface area (Å²) in [5.41, 5.74) is 1.50. The van der Waals surface area contributed by atoms with Crippen LogP contribution in [0.25, 0.3) is 0 Å². The third-order valence-corrected chi connectivity index (χ3v) is 6.76. The van der Waals surface area contributed by atoms with Gasteiger partial charge < -0.3 is 14.4 Å². The highest BCUT2D eigenvalue weighted by Gasteiger charge is 2.45. The number of nitrogens with zero attached hydrogens (tertiary/aromatic N) is 3. The van der Waals surface area contributed by atoms with Crippen LogP contribution >= 0.6 is 11.6 Å². The summed E-state index contributed by atoms with van der Waals surface area (Å²) in [5.74, 6) is 0.427. The molecule has 1 aromatic carbocycles. The Morgan fingerprint density at radius 2 is 2.00 bits per heavy atom. The molecule has 0 bridgehead atoms. The Bertz CT molecular complexity index is 1040. The van der Waals surface area contributed by atoms with Gasteiger partial charge in [-0.1, -0.05) is 17.7 Å². The fourth-order valence-corrected chi connectivity index (χ4v) is 5.10. The minimum absolute atomic E-state index is 0.0220. The number of morpholine rings is 1. The smallest absolute Gasteiger partial charge is 0.253 e. The Kier molecular flexibility index (Phi) is 7.93. The van der Waals surface area contributed by atoms with Gasteiger partial charge in [0.15, 0.2) is 0 Å². The predicted octanol–water partition coefficient (Wildman–Crippen LogP) is 5.14. The van der Waals surface area contributed by atoms with Crippen molar-refractivity contribution in [3.8, 4) is 5.75 Å². The molecule has 2 aromatic rings. The molecule has 0 aliphatic carbocycles. The van der Waals surface area contributed by atoms with Gasteiger partial charge in [0, 0.05) is 37.4 Å². The molecule has 2 fully saturated rings. The molecule has 2 aliphatic rings. The topological polar surface area (TPSA) is 54.9 Å². The SMILES string of the molecule is Cc1cccc(C2CN(CC(F)F)CC3(CCN(C(=O)c4ccc(OC(C)C)c(Cl)c4)CC3)O2)n1. The molecule has 3 heterocycles. The van der Waals surface area contributed by atoms with Crippen LogP contribution in [0, 0.1) is 6.92 Å². The second-order valence-corrected chi connectivity index (χ2v) is 10.1. The van der Waals surface area contributed by atoms with Gasteiger partial charge in [0.05, 0.1) is 29.0 Å². The van der Waals surface area contributed by atoms with E-state index >= 15 is 0 Å². The lowest BCUT2D eigenvalue weighted by atomic mass is 9.87. The van der Waals surface area contributed by atoms with Crippen molar-refractivity contribution in [3.63, 3.8) is 0 Å². The van der Waals surface area contributed by atoms with Gasteiger partial charge in [0.1, 0.15) is 11.9 Å². The zero-order valence-corrected chi connectivity index (χ0v) is 21.1. The van der Waals surface area contributed by atoms with E-state index in [1.54, 1.807) is 28.0 Å². The van der Waals surface area contributed by atoms with Gasteiger partial charge in [-0.2, -0.15) is 0 Å². The molecule has 2 aliphatic heterocycles. The van der Waals surface area contributed by atoms with Gasteiger partial charge in [-0.15, -0.1) is 0 Å². The van der Waals surface area contributed by atoms with Crippen LogP contribution in [0.3, 0.4) is 0 Å². The summed E-state index contributed by atoms with van der Waals surface area (Å²) in [6, 6.07) is 10.8. The maximum atomic E-state index is 13.3. The maximum absolute atomic E-state index is 13.3. The highest BCUT2D eigenvalue weighted by molar-refractivity contribution is 6.32. The lowest BCUT2D eigenvalue weighted by molar-refractivity contribution is -0.181. The number of pyridine rings is 1. The van der Waals surface area contributed by atoms with Gasteiger partial charge in [-0.25, -0.2) is 8.78 Å². The zero-order chi connectivity index (χ0) is 25.2. The van der Waals surface area contributed by atoms with E-state index in [1.807, 2.05) is 39.0 Å². The summed E-state index contributed by atoms with van der Waals surface area (Å²) < 4.78 is 38.8. The average Bonchev–Trinajstić information content (AvgIpc) is 2.79. The number of hydrogen-bond donors (Lipinski definition) is 0. The molecule has 1 spiro atoms. The second-order valence-electron chi connectivity index (χ2n) is 9.68. The van der Waals surface area contributed by atoms with E-state index in [9.17, 15) is 13.6 Å². The van der Waals surface area contributed by atoms with Crippen LogP contribution in [-0.4, -0.2) is 71.5 Å². The summed E-state index contributed by atoms with van der Waals surface area (Å²) >= 11 is 6.33. The average molecular weight is 508 g/mol. The quantitative estimate of drug-likeness (QED) is 0.541. The normalized spacial score (nSPS) is 20.6. The van der Waals surface area contributed by atoms with E-state index in [4.69, 9.17) is 21.1 Å². The Morgan fingerprint density at radius 3 is 2.63 bits per heavy atom. The number of rotatable bonds is 6. The summed E-state index contributed by atoms with van der Waals surface area (Å²) in [6.45, 7) is 7.14. The van der Waals surface area contributed by atoms with Gasteiger partial charge >= 0.3 is 0 Å². The number of amides is 1. The molecule has 0 saturated carbocycles. The number of hydrogen-bond acceptors (Lipinski definition) is 5. The molecule has 1 aromatic heterocycles. The fraction of sp³-hybridized carbons (Fsp3) is 0.538. The molecule has 1 atom stereocenters. The van der Waals surface area contributed by atoms with Crippen molar-refractivity contribution in [2.45, 2.75) is 57.8 Å². The van der Waals surface area contributed by atoms with Crippen LogP contribution in [0.4, 0.5) is 8.78 Å². The molecule has 2 saturated heterocycles. The van der Waals surface area contributed by atoms with Crippen molar-refractivity contribution >= 4 is 17.5 Å². The predicted molar refractivity (Wildman–Crippen MR) is 130 cm³/mol. The third kappa shape index (κ3) is 6.29. The van der Waals surface area contributed by atoms with Crippen molar-refractivity contribution in [2.24, 2.45) is 0 Å². The highest BCUT2D eigenvalue weighted by Crippen LogP contribution is 2.38. The van der Waals surface area contributed by atoms with Crippen LogP contribution in [0.1, 0.15) is 54.5 Å². The standard InChI is InChI=1S/C26H32ClF2N3O3/c1-17(2)34-22-8-7-19(13-20(22)27)25(33)32-11-9-26(10-12-32)16-31(15-24(28)29)14-23(35-26)21-6-4-5-18(3)30-21/h4-8,13,17,23-24H,9-12,14-16H2,1-3H3. The molecular weight excluding hydrogens is 476 g/mol. The van der Waals surface area contributed by atoms with E-state index in [-0.39, 0.29) is 18.6 Å². The molecular formula is C26H32ClF2N3O3. The number of carbonyl (C=O) groups is 1. The van der Waals surface area contributed by atoms with Gasteiger partial charge in [-0.3, -0.25) is 14.7 Å². The number of halogens is 3. The summed E-state index contributed by atoms with van der Waals surface area (Å²) in [7, 11) is 0. The lowest BCUT2D eigenvalue weighted by Gasteiger charge is -2.50. The Labute approximate surface area is 210 Å². The van der Waals surface area contributed by atoms with Crippen molar-refractivity contribution in [2.75, 3.05) is 32.7 Å². The monoisotopic (exact) mass is 507 g/mol. The minimum Gasteiger partial charge on any atom is -0.489 e. The minimum atomic E-state index is -2.43. The largest absolute Gasteiger partial charge is 0.489 e. The Morgan fingerprint density at radius 1 is 1.26 bits per heavy atom. The van der Waals surface area contributed by atoms with Gasteiger partial charge in [-0.05, 0) is 63.9 Å². The van der Waals surface area contributed by atoms with E-state index in [1.165, 1.54) is 0 Å². The number of piperidine rings is 1. The Hall–Kier alpha value is -2.29. The first-order valence-corrected chi connectivity index (χ1v) is 12.4. The highest BCUT2D eigenvalue weighted by atomic mass is 35.5. The van der Waals surface area contributed by atoms with Crippen molar-refractivity contribution in [1.29, 1.82) is 0 Å². The molecule has 1 unspecified atom stereocenters. The maximum Gasteiger partial charge on any atom is 0.253 e. The van der Waals surface area contributed by atoms with E-state index in [0.717, 1.165) is 11.4 Å². The third-order valence-electron chi connectivity index (χ3n) is 6.47. The molecule has 9 heteroatoms. The number of alkyl halides is 2. The fourth-order valence-electron chi connectivity index (χ4n) is 4.87. The first kappa shape index (κ1) is 25.8. The Balaban J connectivity index is 1.46. The molecule has 0 N–H and O–H groups in total. The molecule has 35 heavy (non-hydrogen) atoms. The molecule has 190 valence electrons. The van der Waals surface area contributed by atoms with E-state index in [2.05, 4.69) is 4.98 Å². The number of ether oxygens (including phenoxy) is 2. The van der Waals surface area contributed by atoms with Gasteiger partial charge in [0.2, 0.25) is 0 Å². The lowest BCUT2D eigenvalue weighted by Crippen LogP contribution is -2.58. The second kappa shape index (κ2) is 10.8. The van der Waals surface area contributed by atoms with Crippen LogP contribution in [-0.2, 0) is 4.74 Å². The number of aromatic nitrogens is 1.